The van der Waals surface area contributed by atoms with E-state index in [1.807, 2.05) is 31.4 Å². The van der Waals surface area contributed by atoms with Crippen LogP contribution in [0.2, 0.25) is 0 Å². The van der Waals surface area contributed by atoms with Gasteiger partial charge in [-0.05, 0) is 31.8 Å². The van der Waals surface area contributed by atoms with Gasteiger partial charge in [0.2, 0.25) is 0 Å². The molecule has 0 unspecified atom stereocenters. The fraction of sp³-hybridized carbons (Fsp3) is 0.609. The Bertz CT molecular complexity index is 628. The fourth-order valence-electron chi connectivity index (χ4n) is 3.97. The molecule has 0 N–H and O–H groups in total. The maximum Gasteiger partial charge on any atom is 0.122 e. The maximum absolute atomic E-state index is 13.2. The molecule has 0 aromatic heterocycles. The zero-order valence-electron chi connectivity index (χ0n) is 16.7. The number of hydrogen-bond acceptors (Lipinski definition) is 3. The number of halogens is 1. The monoisotopic (exact) mass is 371 g/mol. The van der Waals surface area contributed by atoms with Crippen LogP contribution in [0.25, 0.3) is 0 Å². The lowest BCUT2D eigenvalue weighted by Crippen LogP contribution is -2.42. The second-order valence-corrected chi connectivity index (χ2v) is 7.89. The van der Waals surface area contributed by atoms with Gasteiger partial charge in [-0.1, -0.05) is 37.3 Å². The largest absolute Gasteiger partial charge is 0.374 e. The molecule has 27 heavy (non-hydrogen) atoms. The van der Waals surface area contributed by atoms with E-state index in [-0.39, 0.29) is 0 Å². The average molecular weight is 372 g/mol. The van der Waals surface area contributed by atoms with E-state index in [9.17, 15) is 4.39 Å². The molecule has 1 saturated carbocycles. The van der Waals surface area contributed by atoms with E-state index in [4.69, 9.17) is 0 Å². The quantitative estimate of drug-likeness (QED) is 0.584. The molecule has 2 aliphatic carbocycles. The summed E-state index contributed by atoms with van der Waals surface area (Å²) >= 11 is 0. The lowest BCUT2D eigenvalue weighted by molar-refractivity contribution is 0.133. The summed E-state index contributed by atoms with van der Waals surface area (Å²) in [5.74, 6) is 0. The van der Waals surface area contributed by atoms with Crippen LogP contribution >= 0.6 is 0 Å². The summed E-state index contributed by atoms with van der Waals surface area (Å²) in [4.78, 5) is 9.76. The molecule has 0 aromatic rings. The van der Waals surface area contributed by atoms with Crippen molar-refractivity contribution in [3.8, 4) is 0 Å². The highest BCUT2D eigenvalue weighted by molar-refractivity contribution is 5.62. The van der Waals surface area contributed by atoms with Crippen LogP contribution in [0.3, 0.4) is 0 Å². The molecule has 0 bridgehead atoms. The number of alkyl halides is 1. The summed E-state index contributed by atoms with van der Waals surface area (Å²) in [5.41, 5.74) is 3.35. The molecule has 0 amide bonds. The Morgan fingerprint density at radius 2 is 2.11 bits per heavy atom. The topological polar surface area (TPSA) is 18.8 Å². The molecule has 1 atom stereocenters. The molecule has 0 radical (unpaired) electrons. The van der Waals surface area contributed by atoms with Crippen LogP contribution in [0.4, 0.5) is 4.39 Å². The van der Waals surface area contributed by atoms with Gasteiger partial charge in [0.25, 0.3) is 0 Å². The van der Waals surface area contributed by atoms with Gasteiger partial charge in [-0.3, -0.25) is 9.89 Å². The Morgan fingerprint density at radius 1 is 1.26 bits per heavy atom. The highest BCUT2D eigenvalue weighted by Gasteiger charge is 2.26. The van der Waals surface area contributed by atoms with Crippen molar-refractivity contribution in [3.63, 3.8) is 0 Å². The number of rotatable bonds is 7. The first kappa shape index (κ1) is 20.1. The van der Waals surface area contributed by atoms with Crippen molar-refractivity contribution in [3.05, 3.63) is 47.9 Å². The minimum atomic E-state index is -0.830. The van der Waals surface area contributed by atoms with E-state index in [1.54, 1.807) is 6.08 Å². The molecule has 1 heterocycles. The second kappa shape index (κ2) is 10.0. The molecule has 0 aromatic carbocycles. The van der Waals surface area contributed by atoms with E-state index in [1.165, 1.54) is 37.9 Å². The number of allylic oxidation sites excluding steroid dienone is 6. The van der Waals surface area contributed by atoms with Crippen LogP contribution in [0.5, 0.6) is 0 Å². The van der Waals surface area contributed by atoms with Crippen LogP contribution in [0.15, 0.2) is 52.8 Å². The number of nitrogens with zero attached hydrogens (tertiary/aromatic N) is 3. The van der Waals surface area contributed by atoms with Crippen LogP contribution in [0.1, 0.15) is 51.9 Å². The third-order valence-corrected chi connectivity index (χ3v) is 6.00. The lowest BCUT2D eigenvalue weighted by Gasteiger charge is -2.36. The van der Waals surface area contributed by atoms with Crippen molar-refractivity contribution < 1.29 is 4.39 Å². The number of aliphatic imine (C=N–C) groups is 1. The van der Waals surface area contributed by atoms with Crippen molar-refractivity contribution in [1.82, 2.24) is 9.80 Å². The van der Waals surface area contributed by atoms with E-state index in [2.05, 4.69) is 21.4 Å². The maximum atomic E-state index is 13.2. The average Bonchev–Trinajstić information content (AvgIpc) is 2.87. The van der Waals surface area contributed by atoms with E-state index < -0.39 is 6.17 Å². The third-order valence-electron chi connectivity index (χ3n) is 6.00. The van der Waals surface area contributed by atoms with E-state index in [0.29, 0.717) is 6.42 Å². The Morgan fingerprint density at radius 3 is 2.78 bits per heavy atom. The Kier molecular flexibility index (Phi) is 7.45. The lowest BCUT2D eigenvalue weighted by atomic mass is 9.91. The first-order chi connectivity index (χ1) is 13.2. The van der Waals surface area contributed by atoms with Crippen molar-refractivity contribution in [2.75, 3.05) is 26.2 Å². The van der Waals surface area contributed by atoms with Crippen molar-refractivity contribution in [1.29, 1.82) is 0 Å². The summed E-state index contributed by atoms with van der Waals surface area (Å²) in [7, 11) is 0. The molecular formula is C23H34FN3. The van der Waals surface area contributed by atoms with E-state index in [0.717, 1.165) is 49.8 Å². The zero-order valence-corrected chi connectivity index (χ0v) is 16.7. The zero-order chi connectivity index (χ0) is 19.1. The van der Waals surface area contributed by atoms with Crippen LogP contribution in [0, 0.1) is 0 Å². The summed E-state index contributed by atoms with van der Waals surface area (Å²) in [6.07, 6.45) is 16.1. The summed E-state index contributed by atoms with van der Waals surface area (Å²) in [6, 6.07) is 0.841. The van der Waals surface area contributed by atoms with Crippen LogP contribution in [-0.2, 0) is 0 Å². The highest BCUT2D eigenvalue weighted by Crippen LogP contribution is 2.26. The molecule has 3 nitrogen and oxygen atoms in total. The Labute approximate surface area is 164 Å². The minimum absolute atomic E-state index is 0.482. The molecule has 4 heteroatoms. The normalized spacial score (nSPS) is 25.4. The molecule has 0 spiro atoms. The second-order valence-electron chi connectivity index (χ2n) is 7.89. The summed E-state index contributed by atoms with van der Waals surface area (Å²) < 4.78 is 13.2. The van der Waals surface area contributed by atoms with Gasteiger partial charge in [0.15, 0.2) is 0 Å². The van der Waals surface area contributed by atoms with Crippen molar-refractivity contribution in [2.45, 2.75) is 64.1 Å². The van der Waals surface area contributed by atoms with Crippen molar-refractivity contribution in [2.24, 2.45) is 4.99 Å². The van der Waals surface area contributed by atoms with Gasteiger partial charge >= 0.3 is 0 Å². The van der Waals surface area contributed by atoms with Gasteiger partial charge in [-0.15, -0.1) is 0 Å². The van der Waals surface area contributed by atoms with Crippen molar-refractivity contribution >= 4 is 6.21 Å². The molecule has 3 aliphatic rings. The van der Waals surface area contributed by atoms with Gasteiger partial charge in [0.1, 0.15) is 6.17 Å². The predicted molar refractivity (Wildman–Crippen MR) is 113 cm³/mol. The molecule has 1 saturated heterocycles. The predicted octanol–water partition coefficient (Wildman–Crippen LogP) is 5.04. The minimum Gasteiger partial charge on any atom is -0.374 e. The molecule has 148 valence electrons. The molecule has 2 fully saturated rings. The first-order valence-corrected chi connectivity index (χ1v) is 10.5. The van der Waals surface area contributed by atoms with Gasteiger partial charge in [-0.2, -0.15) is 0 Å². The van der Waals surface area contributed by atoms with E-state index >= 15 is 0 Å². The van der Waals surface area contributed by atoms with Crippen LogP contribution in [-0.4, -0.2) is 54.4 Å². The smallest absolute Gasteiger partial charge is 0.122 e. The van der Waals surface area contributed by atoms with Gasteiger partial charge in [-0.25, -0.2) is 4.39 Å². The molecule has 1 aliphatic heterocycles. The summed E-state index contributed by atoms with van der Waals surface area (Å²) in [5, 5.41) is 0. The Hall–Kier alpha value is -1.68. The first-order valence-electron chi connectivity index (χ1n) is 10.5. The standard InChI is InChI=1S/C23H34FN3/c1-3-22(18-20-8-10-21(24)11-9-20)25-13-12-19(2)26-14-5-15-27(17-16-26)23-6-4-7-23/h3,8-10,13,21,23H,2,4-7,11-12,14-18H2,1H3/b22-3-,25-13?/t21-/m0/s1. The van der Waals surface area contributed by atoms with Crippen LogP contribution < -0.4 is 0 Å². The fourth-order valence-corrected chi connectivity index (χ4v) is 3.97. The molecule has 3 rings (SSSR count). The number of hydrogen-bond donors (Lipinski definition) is 0. The summed E-state index contributed by atoms with van der Waals surface area (Å²) in [6.45, 7) is 10.9. The van der Waals surface area contributed by atoms with Gasteiger partial charge in [0.05, 0.1) is 0 Å². The van der Waals surface area contributed by atoms with Gasteiger partial charge < -0.3 is 4.90 Å². The Balaban J connectivity index is 1.43. The SMILES string of the molecule is C=C(CC=N/C(=C\C)CC1=CC[C@@H](F)C=C1)N1CCCN(C2CCC2)CC1. The molecular weight excluding hydrogens is 337 g/mol. The third kappa shape index (κ3) is 5.90. The highest BCUT2D eigenvalue weighted by atomic mass is 19.1. The van der Waals surface area contributed by atoms with Gasteiger partial charge in [0, 0.05) is 69.1 Å².